The Hall–Kier alpha value is -2.40. The van der Waals surface area contributed by atoms with Crippen LogP contribution in [0, 0.1) is 6.92 Å². The zero-order valence-corrected chi connectivity index (χ0v) is 12.1. The molecule has 21 heavy (non-hydrogen) atoms. The van der Waals surface area contributed by atoms with Gasteiger partial charge in [0.25, 0.3) is 5.91 Å². The maximum absolute atomic E-state index is 12.4. The minimum absolute atomic E-state index is 0.208. The lowest BCUT2D eigenvalue weighted by Gasteiger charge is -2.03. The molecule has 1 N–H and O–H groups in total. The molecule has 0 aromatic heterocycles. The number of carbonyl (C=O) groups is 1. The van der Waals surface area contributed by atoms with Crippen molar-refractivity contribution in [3.8, 4) is 0 Å². The van der Waals surface area contributed by atoms with Gasteiger partial charge in [-0.3, -0.25) is 4.79 Å². The van der Waals surface area contributed by atoms with E-state index in [1.165, 1.54) is 0 Å². The molecule has 106 valence electrons. The summed E-state index contributed by atoms with van der Waals surface area (Å²) in [5.41, 5.74) is 2.40. The van der Waals surface area contributed by atoms with Crippen LogP contribution in [0.4, 0.5) is 0 Å². The molecule has 0 fully saturated rings. The normalized spacial score (nSPS) is 15.9. The van der Waals surface area contributed by atoms with Crippen LogP contribution in [0.1, 0.15) is 21.5 Å². The summed E-state index contributed by atoms with van der Waals surface area (Å²) in [6, 6.07) is 13.5. The molecule has 4 nitrogen and oxygen atoms in total. The molecule has 0 radical (unpaired) electrons. The Labute approximate surface area is 123 Å². The molecule has 1 amide bonds. The summed E-state index contributed by atoms with van der Waals surface area (Å²) in [6.07, 6.45) is 0. The summed E-state index contributed by atoms with van der Waals surface area (Å²) >= 11 is 0. The van der Waals surface area contributed by atoms with Gasteiger partial charge in [-0.05, 0) is 25.1 Å². The predicted molar refractivity (Wildman–Crippen MR) is 80.3 cm³/mol. The van der Waals surface area contributed by atoms with E-state index >= 15 is 0 Å². The van der Waals surface area contributed by atoms with E-state index in [1.807, 2.05) is 6.92 Å². The van der Waals surface area contributed by atoms with E-state index in [2.05, 4.69) is 5.32 Å². The first-order valence-corrected chi connectivity index (χ1v) is 7.96. The zero-order chi connectivity index (χ0) is 15.0. The molecule has 0 unspecified atom stereocenters. The maximum Gasteiger partial charge on any atom is 0.256 e. The lowest BCUT2D eigenvalue weighted by molar-refractivity contribution is 0.0981. The molecule has 3 rings (SSSR count). The van der Waals surface area contributed by atoms with E-state index in [4.69, 9.17) is 0 Å². The second-order valence-electron chi connectivity index (χ2n) is 4.89. The predicted octanol–water partition coefficient (Wildman–Crippen LogP) is 2.51. The second-order valence-corrected chi connectivity index (χ2v) is 6.69. The third kappa shape index (κ3) is 2.48. The van der Waals surface area contributed by atoms with Gasteiger partial charge >= 0.3 is 0 Å². The fraction of sp³-hybridized carbons (Fsp3) is 0.0625. The lowest BCUT2D eigenvalue weighted by atomic mass is 10.1. The monoisotopic (exact) mass is 299 g/mol. The second kappa shape index (κ2) is 4.86. The summed E-state index contributed by atoms with van der Waals surface area (Å²) in [6.45, 7) is 1.89. The molecule has 0 aliphatic carbocycles. The Bertz CT molecular complexity index is 849. The van der Waals surface area contributed by atoms with Gasteiger partial charge in [-0.1, -0.05) is 35.9 Å². The quantitative estimate of drug-likeness (QED) is 0.926. The van der Waals surface area contributed by atoms with Crippen molar-refractivity contribution in [2.75, 3.05) is 0 Å². The molecule has 1 aliphatic heterocycles. The third-order valence-electron chi connectivity index (χ3n) is 3.33. The standard InChI is InChI=1S/C16H13NO3S/c1-11-6-8-12(9-7-11)21(19,20)10-15-13-4-2-3-5-14(13)16(18)17-15/h2-10H,1H3,(H,17,18)/b15-10+. The molecule has 2 aromatic carbocycles. The highest BCUT2D eigenvalue weighted by Crippen LogP contribution is 2.26. The summed E-state index contributed by atoms with van der Waals surface area (Å²) in [5.74, 6) is -0.282. The van der Waals surface area contributed by atoms with Crippen LogP contribution in [-0.2, 0) is 9.84 Å². The third-order valence-corrected chi connectivity index (χ3v) is 4.81. The molecule has 5 heteroatoms. The number of fused-ring (bicyclic) bond motifs is 1. The molecule has 2 aromatic rings. The van der Waals surface area contributed by atoms with Crippen molar-refractivity contribution in [2.24, 2.45) is 0 Å². The highest BCUT2D eigenvalue weighted by atomic mass is 32.2. The van der Waals surface area contributed by atoms with Crippen molar-refractivity contribution in [2.45, 2.75) is 11.8 Å². The van der Waals surface area contributed by atoms with Crippen LogP contribution in [0.15, 0.2) is 58.8 Å². The smallest absolute Gasteiger partial charge is 0.256 e. The van der Waals surface area contributed by atoms with Gasteiger partial charge in [0, 0.05) is 11.1 Å². The first kappa shape index (κ1) is 13.6. The van der Waals surface area contributed by atoms with Crippen LogP contribution in [0.25, 0.3) is 5.70 Å². The molecular formula is C16H13NO3S. The van der Waals surface area contributed by atoms with Crippen molar-refractivity contribution >= 4 is 21.4 Å². The zero-order valence-electron chi connectivity index (χ0n) is 11.3. The Balaban J connectivity index is 2.07. The van der Waals surface area contributed by atoms with Crippen molar-refractivity contribution in [3.63, 3.8) is 0 Å². The lowest BCUT2D eigenvalue weighted by Crippen LogP contribution is -2.13. The van der Waals surface area contributed by atoms with Crippen LogP contribution >= 0.6 is 0 Å². The van der Waals surface area contributed by atoms with Crippen LogP contribution < -0.4 is 5.32 Å². The van der Waals surface area contributed by atoms with Crippen molar-refractivity contribution in [1.82, 2.24) is 5.32 Å². The van der Waals surface area contributed by atoms with Crippen LogP contribution in [-0.4, -0.2) is 14.3 Å². The number of nitrogens with one attached hydrogen (secondary N) is 1. The fourth-order valence-electron chi connectivity index (χ4n) is 2.22. The number of rotatable bonds is 2. The SMILES string of the molecule is Cc1ccc(S(=O)(=O)/C=C2/NC(=O)c3ccccc32)cc1. The van der Waals surface area contributed by atoms with Gasteiger partial charge in [-0.15, -0.1) is 0 Å². The molecule has 0 saturated carbocycles. The molecule has 0 spiro atoms. The van der Waals surface area contributed by atoms with Crippen molar-refractivity contribution in [1.29, 1.82) is 0 Å². The number of benzene rings is 2. The summed E-state index contributed by atoms with van der Waals surface area (Å²) < 4.78 is 24.8. The first-order valence-electron chi connectivity index (χ1n) is 6.41. The molecule has 1 aliphatic rings. The Morgan fingerprint density at radius 3 is 2.24 bits per heavy atom. The van der Waals surface area contributed by atoms with Gasteiger partial charge < -0.3 is 5.32 Å². The van der Waals surface area contributed by atoms with Gasteiger partial charge in [0.1, 0.15) is 0 Å². The average molecular weight is 299 g/mol. The fourth-order valence-corrected chi connectivity index (χ4v) is 3.36. The number of hydrogen-bond donors (Lipinski definition) is 1. The molecule has 0 bridgehead atoms. The Morgan fingerprint density at radius 1 is 0.952 bits per heavy atom. The highest BCUT2D eigenvalue weighted by Gasteiger charge is 2.25. The van der Waals surface area contributed by atoms with E-state index in [0.29, 0.717) is 16.8 Å². The molecule has 1 heterocycles. The van der Waals surface area contributed by atoms with Crippen LogP contribution in [0.2, 0.25) is 0 Å². The summed E-state index contributed by atoms with van der Waals surface area (Å²) in [4.78, 5) is 12.0. The number of amides is 1. The van der Waals surface area contributed by atoms with Gasteiger partial charge in [0.15, 0.2) is 0 Å². The number of sulfone groups is 1. The molecule has 0 atom stereocenters. The van der Waals surface area contributed by atoms with Gasteiger partial charge in [0.05, 0.1) is 16.0 Å². The number of aryl methyl sites for hydroxylation is 1. The van der Waals surface area contributed by atoms with Gasteiger partial charge in [-0.2, -0.15) is 0 Å². The number of hydrogen-bond acceptors (Lipinski definition) is 3. The molecular weight excluding hydrogens is 286 g/mol. The van der Waals surface area contributed by atoms with Crippen LogP contribution in [0.3, 0.4) is 0 Å². The van der Waals surface area contributed by atoms with Crippen molar-refractivity contribution in [3.05, 3.63) is 70.6 Å². The van der Waals surface area contributed by atoms with E-state index in [0.717, 1.165) is 11.0 Å². The topological polar surface area (TPSA) is 63.2 Å². The van der Waals surface area contributed by atoms with E-state index in [1.54, 1.807) is 48.5 Å². The van der Waals surface area contributed by atoms with E-state index in [9.17, 15) is 13.2 Å². The van der Waals surface area contributed by atoms with Gasteiger partial charge in [-0.25, -0.2) is 8.42 Å². The highest BCUT2D eigenvalue weighted by molar-refractivity contribution is 7.94. The minimum atomic E-state index is -3.60. The van der Waals surface area contributed by atoms with E-state index < -0.39 is 9.84 Å². The minimum Gasteiger partial charge on any atom is -0.321 e. The average Bonchev–Trinajstić information content (AvgIpc) is 2.76. The number of carbonyl (C=O) groups excluding carboxylic acids is 1. The summed E-state index contributed by atoms with van der Waals surface area (Å²) in [7, 11) is -3.60. The van der Waals surface area contributed by atoms with Crippen LogP contribution in [0.5, 0.6) is 0 Å². The molecule has 0 saturated heterocycles. The van der Waals surface area contributed by atoms with E-state index in [-0.39, 0.29) is 10.8 Å². The van der Waals surface area contributed by atoms with Gasteiger partial charge in [0.2, 0.25) is 9.84 Å². The Morgan fingerprint density at radius 2 is 1.57 bits per heavy atom. The first-order chi connectivity index (χ1) is 9.97. The summed E-state index contributed by atoms with van der Waals surface area (Å²) in [5, 5.41) is 3.71. The Kier molecular flexibility index (Phi) is 3.14. The van der Waals surface area contributed by atoms with Crippen molar-refractivity contribution < 1.29 is 13.2 Å². The maximum atomic E-state index is 12.4. The largest absolute Gasteiger partial charge is 0.321 e.